The van der Waals surface area contributed by atoms with Crippen molar-refractivity contribution in [1.82, 2.24) is 0 Å². The predicted molar refractivity (Wildman–Crippen MR) is 64.8 cm³/mol. The van der Waals surface area contributed by atoms with E-state index >= 15 is 0 Å². The largest absolute Gasteiger partial charge is 0.465 e. The van der Waals surface area contributed by atoms with Crippen LogP contribution in [0.5, 0.6) is 0 Å². The zero-order valence-corrected chi connectivity index (χ0v) is 10.7. The lowest BCUT2D eigenvalue weighted by atomic mass is 9.81. The summed E-state index contributed by atoms with van der Waals surface area (Å²) in [6.07, 6.45) is 2.12. The van der Waals surface area contributed by atoms with Gasteiger partial charge in [0.05, 0.1) is 7.11 Å². The van der Waals surface area contributed by atoms with E-state index in [1.165, 1.54) is 18.4 Å². The molecule has 0 unspecified atom stereocenters. The summed E-state index contributed by atoms with van der Waals surface area (Å²) >= 11 is 1.48. The summed E-state index contributed by atoms with van der Waals surface area (Å²) in [6.45, 7) is 4.29. The van der Waals surface area contributed by atoms with E-state index in [9.17, 15) is 4.79 Å². The number of carbonyl (C=O) groups is 1. The zero-order valence-electron chi connectivity index (χ0n) is 9.87. The van der Waals surface area contributed by atoms with Crippen molar-refractivity contribution >= 4 is 17.3 Å². The summed E-state index contributed by atoms with van der Waals surface area (Å²) in [5.74, 6) is -0.270. The van der Waals surface area contributed by atoms with E-state index in [4.69, 9.17) is 10.5 Å². The van der Waals surface area contributed by atoms with E-state index in [0.29, 0.717) is 4.88 Å². The number of esters is 1. The SMILES string of the molecule is COC(=O)c1ccc(C(C)(C)C2(N)CC2)s1. The van der Waals surface area contributed by atoms with E-state index in [0.717, 1.165) is 17.7 Å². The van der Waals surface area contributed by atoms with Crippen molar-refractivity contribution in [2.45, 2.75) is 37.6 Å². The third kappa shape index (κ3) is 1.66. The van der Waals surface area contributed by atoms with Gasteiger partial charge in [0.1, 0.15) is 4.88 Å². The van der Waals surface area contributed by atoms with Gasteiger partial charge in [-0.05, 0) is 25.0 Å². The average molecular weight is 239 g/mol. The van der Waals surface area contributed by atoms with Crippen LogP contribution in [0.1, 0.15) is 41.2 Å². The minimum atomic E-state index is -0.270. The summed E-state index contributed by atoms with van der Waals surface area (Å²) in [6, 6.07) is 3.81. The highest BCUT2D eigenvalue weighted by molar-refractivity contribution is 7.14. The topological polar surface area (TPSA) is 52.3 Å². The van der Waals surface area contributed by atoms with E-state index in [1.54, 1.807) is 0 Å². The Labute approximate surface area is 99.6 Å². The molecule has 0 spiro atoms. The molecule has 2 rings (SSSR count). The van der Waals surface area contributed by atoms with Crippen LogP contribution in [0.2, 0.25) is 0 Å². The second-order valence-electron chi connectivity index (χ2n) is 4.94. The molecule has 0 radical (unpaired) electrons. The van der Waals surface area contributed by atoms with Crippen LogP contribution in [0.3, 0.4) is 0 Å². The van der Waals surface area contributed by atoms with E-state index < -0.39 is 0 Å². The number of rotatable bonds is 3. The van der Waals surface area contributed by atoms with Crippen LogP contribution in [-0.4, -0.2) is 18.6 Å². The lowest BCUT2D eigenvalue weighted by Crippen LogP contribution is -2.42. The summed E-state index contributed by atoms with van der Waals surface area (Å²) in [4.78, 5) is 13.2. The first-order chi connectivity index (χ1) is 7.40. The normalized spacial score (nSPS) is 18.2. The maximum absolute atomic E-state index is 11.4. The molecule has 16 heavy (non-hydrogen) atoms. The molecule has 0 bridgehead atoms. The Morgan fingerprint density at radius 1 is 1.50 bits per heavy atom. The molecule has 1 aromatic heterocycles. The first-order valence-corrected chi connectivity index (χ1v) is 6.20. The highest BCUT2D eigenvalue weighted by Gasteiger charge is 2.52. The number of hydrogen-bond donors (Lipinski definition) is 1. The first kappa shape index (κ1) is 11.6. The zero-order chi connectivity index (χ0) is 12.0. The maximum atomic E-state index is 11.4. The molecule has 1 aliphatic rings. The Bertz CT molecular complexity index is 418. The Balaban J connectivity index is 2.28. The number of methoxy groups -OCH3 is 1. The van der Waals surface area contributed by atoms with Gasteiger partial charge in [0.25, 0.3) is 0 Å². The van der Waals surface area contributed by atoms with Gasteiger partial charge in [-0.15, -0.1) is 11.3 Å². The molecule has 0 aromatic carbocycles. The highest BCUT2D eigenvalue weighted by atomic mass is 32.1. The number of ether oxygens (including phenoxy) is 1. The van der Waals surface area contributed by atoms with E-state index in [-0.39, 0.29) is 16.9 Å². The fourth-order valence-corrected chi connectivity index (χ4v) is 3.02. The smallest absolute Gasteiger partial charge is 0.348 e. The monoisotopic (exact) mass is 239 g/mol. The van der Waals surface area contributed by atoms with Crippen LogP contribution >= 0.6 is 11.3 Å². The summed E-state index contributed by atoms with van der Waals surface area (Å²) in [5, 5.41) is 0. The highest BCUT2D eigenvalue weighted by Crippen LogP contribution is 2.50. The second-order valence-corrected chi connectivity index (χ2v) is 6.02. The lowest BCUT2D eigenvalue weighted by molar-refractivity contribution is 0.0606. The van der Waals surface area contributed by atoms with Crippen molar-refractivity contribution in [2.75, 3.05) is 7.11 Å². The van der Waals surface area contributed by atoms with Gasteiger partial charge in [0, 0.05) is 15.8 Å². The van der Waals surface area contributed by atoms with Crippen molar-refractivity contribution in [3.05, 3.63) is 21.9 Å². The fourth-order valence-electron chi connectivity index (χ4n) is 1.89. The average Bonchev–Trinajstić information content (AvgIpc) is 2.84. The van der Waals surface area contributed by atoms with Crippen LogP contribution in [0.25, 0.3) is 0 Å². The van der Waals surface area contributed by atoms with Crippen molar-refractivity contribution in [1.29, 1.82) is 0 Å². The van der Waals surface area contributed by atoms with Gasteiger partial charge in [-0.1, -0.05) is 13.8 Å². The Kier molecular flexibility index (Phi) is 2.59. The molecular formula is C12H17NO2S. The molecule has 1 fully saturated rings. The van der Waals surface area contributed by atoms with Crippen molar-refractivity contribution in [3.8, 4) is 0 Å². The molecule has 1 aliphatic carbocycles. The van der Waals surface area contributed by atoms with Crippen LogP contribution in [-0.2, 0) is 10.2 Å². The maximum Gasteiger partial charge on any atom is 0.348 e. The number of carbonyl (C=O) groups excluding carboxylic acids is 1. The number of hydrogen-bond acceptors (Lipinski definition) is 4. The molecule has 0 atom stereocenters. The van der Waals surface area contributed by atoms with Gasteiger partial charge in [0.2, 0.25) is 0 Å². The molecule has 0 aliphatic heterocycles. The number of thiophene rings is 1. The third-order valence-electron chi connectivity index (χ3n) is 3.64. The standard InChI is InChI=1S/C12H17NO2S/c1-11(2,12(13)6-7-12)9-5-4-8(16-9)10(14)15-3/h4-5H,6-7,13H2,1-3H3. The van der Waals surface area contributed by atoms with Gasteiger partial charge in [-0.3, -0.25) is 0 Å². The van der Waals surface area contributed by atoms with Gasteiger partial charge in [0.15, 0.2) is 0 Å². The van der Waals surface area contributed by atoms with Crippen molar-refractivity contribution < 1.29 is 9.53 Å². The fraction of sp³-hybridized carbons (Fsp3) is 0.583. The Morgan fingerprint density at radius 2 is 2.12 bits per heavy atom. The molecule has 88 valence electrons. The van der Waals surface area contributed by atoms with Crippen molar-refractivity contribution in [2.24, 2.45) is 5.73 Å². The third-order valence-corrected chi connectivity index (χ3v) is 5.03. The van der Waals surface area contributed by atoms with E-state index in [2.05, 4.69) is 13.8 Å². The van der Waals surface area contributed by atoms with Crippen LogP contribution in [0, 0.1) is 0 Å². The molecule has 2 N–H and O–H groups in total. The molecule has 0 amide bonds. The van der Waals surface area contributed by atoms with Gasteiger partial charge < -0.3 is 10.5 Å². The molecule has 0 saturated heterocycles. The number of nitrogens with two attached hydrogens (primary N) is 1. The predicted octanol–water partition coefficient (Wildman–Crippen LogP) is 2.30. The quantitative estimate of drug-likeness (QED) is 0.823. The molecule has 3 nitrogen and oxygen atoms in total. The summed E-state index contributed by atoms with van der Waals surface area (Å²) in [5.41, 5.74) is 6.11. The minimum Gasteiger partial charge on any atom is -0.465 e. The van der Waals surface area contributed by atoms with Crippen molar-refractivity contribution in [3.63, 3.8) is 0 Å². The molecule has 1 aromatic rings. The van der Waals surface area contributed by atoms with Gasteiger partial charge in [-0.2, -0.15) is 0 Å². The molecule has 4 heteroatoms. The van der Waals surface area contributed by atoms with Gasteiger partial charge >= 0.3 is 5.97 Å². The molecule has 1 heterocycles. The Hall–Kier alpha value is -0.870. The van der Waals surface area contributed by atoms with Crippen LogP contribution in [0.4, 0.5) is 0 Å². The lowest BCUT2D eigenvalue weighted by Gasteiger charge is -2.30. The van der Waals surface area contributed by atoms with Crippen LogP contribution in [0.15, 0.2) is 12.1 Å². The molecule has 1 saturated carbocycles. The van der Waals surface area contributed by atoms with E-state index in [1.807, 2.05) is 12.1 Å². The minimum absolute atomic E-state index is 0.0655. The van der Waals surface area contributed by atoms with Gasteiger partial charge in [-0.25, -0.2) is 4.79 Å². The second kappa shape index (κ2) is 3.57. The summed E-state index contributed by atoms with van der Waals surface area (Å²) in [7, 11) is 1.40. The first-order valence-electron chi connectivity index (χ1n) is 5.38. The van der Waals surface area contributed by atoms with Crippen LogP contribution < -0.4 is 5.73 Å². The molecular weight excluding hydrogens is 222 g/mol. The summed E-state index contributed by atoms with van der Waals surface area (Å²) < 4.78 is 4.70. The Morgan fingerprint density at radius 3 is 2.62 bits per heavy atom.